The SMILES string of the molecule is COc1nc(C)cc(=O)n1CC(=O)c1ccccc1. The summed E-state index contributed by atoms with van der Waals surface area (Å²) in [5.74, 6) is -0.161. The van der Waals surface area contributed by atoms with Gasteiger partial charge in [0, 0.05) is 17.3 Å². The normalized spacial score (nSPS) is 10.2. The summed E-state index contributed by atoms with van der Waals surface area (Å²) in [6, 6.07) is 10.3. The number of nitrogens with zero attached hydrogens (tertiary/aromatic N) is 2. The molecule has 2 aromatic rings. The van der Waals surface area contributed by atoms with Gasteiger partial charge >= 0.3 is 0 Å². The minimum atomic E-state index is -0.298. The second-order valence-corrected chi connectivity index (χ2v) is 4.10. The van der Waals surface area contributed by atoms with Gasteiger partial charge in [-0.3, -0.25) is 14.2 Å². The van der Waals surface area contributed by atoms with Crippen molar-refractivity contribution in [3.05, 3.63) is 58.0 Å². The lowest BCUT2D eigenvalue weighted by atomic mass is 10.1. The molecule has 0 aliphatic heterocycles. The molecule has 0 unspecified atom stereocenters. The van der Waals surface area contributed by atoms with E-state index in [0.29, 0.717) is 11.3 Å². The fourth-order valence-electron chi connectivity index (χ4n) is 1.75. The van der Waals surface area contributed by atoms with Crippen LogP contribution < -0.4 is 10.3 Å². The van der Waals surface area contributed by atoms with Crippen molar-refractivity contribution in [3.8, 4) is 6.01 Å². The van der Waals surface area contributed by atoms with Crippen LogP contribution in [-0.4, -0.2) is 22.4 Å². The number of ether oxygens (including phenoxy) is 1. The summed E-state index contributed by atoms with van der Waals surface area (Å²) in [6.07, 6.45) is 0. The van der Waals surface area contributed by atoms with Crippen LogP contribution in [-0.2, 0) is 6.54 Å². The molecule has 19 heavy (non-hydrogen) atoms. The molecule has 0 radical (unpaired) electrons. The first-order valence-corrected chi connectivity index (χ1v) is 5.82. The molecule has 0 amide bonds. The van der Waals surface area contributed by atoms with Crippen LogP contribution in [0.25, 0.3) is 0 Å². The minimum Gasteiger partial charge on any atom is -0.468 e. The van der Waals surface area contributed by atoms with E-state index in [0.717, 1.165) is 0 Å². The summed E-state index contributed by atoms with van der Waals surface area (Å²) in [6.45, 7) is 1.62. The van der Waals surface area contributed by atoms with Crippen LogP contribution in [0, 0.1) is 6.92 Å². The number of carbonyl (C=O) groups is 1. The molecule has 0 aliphatic carbocycles. The van der Waals surface area contributed by atoms with Crippen LogP contribution in [0.15, 0.2) is 41.2 Å². The number of benzene rings is 1. The number of methoxy groups -OCH3 is 1. The van der Waals surface area contributed by atoms with Crippen molar-refractivity contribution >= 4 is 5.78 Å². The quantitative estimate of drug-likeness (QED) is 0.779. The summed E-state index contributed by atoms with van der Waals surface area (Å²) in [7, 11) is 1.42. The van der Waals surface area contributed by atoms with E-state index in [1.165, 1.54) is 17.7 Å². The Morgan fingerprint density at radius 1 is 1.32 bits per heavy atom. The number of rotatable bonds is 4. The molecule has 5 heteroatoms. The maximum atomic E-state index is 12.1. The number of aryl methyl sites for hydroxylation is 1. The Hall–Kier alpha value is -2.43. The van der Waals surface area contributed by atoms with Gasteiger partial charge in [-0.1, -0.05) is 30.3 Å². The number of Topliss-reactive ketones (excluding diaryl/α,β-unsaturated/α-hetero) is 1. The molecule has 0 atom stereocenters. The van der Waals surface area contributed by atoms with Crippen LogP contribution in [0.2, 0.25) is 0 Å². The maximum absolute atomic E-state index is 12.1. The Morgan fingerprint density at radius 3 is 2.63 bits per heavy atom. The molecular weight excluding hydrogens is 244 g/mol. The molecule has 0 saturated heterocycles. The zero-order valence-corrected chi connectivity index (χ0v) is 10.8. The zero-order valence-electron chi connectivity index (χ0n) is 10.8. The molecule has 0 saturated carbocycles. The highest BCUT2D eigenvalue weighted by molar-refractivity contribution is 5.95. The lowest BCUT2D eigenvalue weighted by Gasteiger charge is -2.10. The third-order valence-corrected chi connectivity index (χ3v) is 2.68. The largest absolute Gasteiger partial charge is 0.468 e. The molecule has 5 nitrogen and oxygen atoms in total. The van der Waals surface area contributed by atoms with Crippen LogP contribution >= 0.6 is 0 Å². The van der Waals surface area contributed by atoms with E-state index in [1.807, 2.05) is 6.07 Å². The molecule has 0 bridgehead atoms. The van der Waals surface area contributed by atoms with Crippen LogP contribution in [0.1, 0.15) is 16.1 Å². The predicted molar refractivity (Wildman–Crippen MR) is 70.6 cm³/mol. The molecule has 0 N–H and O–H groups in total. The Balaban J connectivity index is 2.34. The van der Waals surface area contributed by atoms with E-state index < -0.39 is 0 Å². The second-order valence-electron chi connectivity index (χ2n) is 4.10. The van der Waals surface area contributed by atoms with Gasteiger partial charge in [-0.25, -0.2) is 4.98 Å². The van der Waals surface area contributed by atoms with Crippen LogP contribution in [0.4, 0.5) is 0 Å². The Kier molecular flexibility index (Phi) is 3.75. The summed E-state index contributed by atoms with van der Waals surface area (Å²) in [4.78, 5) is 28.0. The maximum Gasteiger partial charge on any atom is 0.299 e. The predicted octanol–water partition coefficient (Wildman–Crippen LogP) is 1.44. The van der Waals surface area contributed by atoms with E-state index in [2.05, 4.69) is 4.98 Å². The third-order valence-electron chi connectivity index (χ3n) is 2.68. The molecule has 1 heterocycles. The molecule has 0 aliphatic rings. The van der Waals surface area contributed by atoms with Gasteiger partial charge < -0.3 is 4.74 Å². The van der Waals surface area contributed by atoms with Crippen molar-refractivity contribution in [2.45, 2.75) is 13.5 Å². The third kappa shape index (κ3) is 2.88. The van der Waals surface area contributed by atoms with Crippen molar-refractivity contribution in [3.63, 3.8) is 0 Å². The molecular formula is C14H14N2O3. The average Bonchev–Trinajstić information content (AvgIpc) is 2.42. The Bertz CT molecular complexity index is 647. The molecule has 2 rings (SSSR count). The monoisotopic (exact) mass is 258 g/mol. The average molecular weight is 258 g/mol. The van der Waals surface area contributed by atoms with Crippen molar-refractivity contribution in [1.29, 1.82) is 0 Å². The van der Waals surface area contributed by atoms with Gasteiger partial charge in [0.2, 0.25) is 0 Å². The topological polar surface area (TPSA) is 61.2 Å². The first-order valence-electron chi connectivity index (χ1n) is 5.82. The smallest absolute Gasteiger partial charge is 0.299 e. The van der Waals surface area contributed by atoms with Crippen LogP contribution in [0.5, 0.6) is 6.01 Å². The molecule has 0 fully saturated rings. The fraction of sp³-hybridized carbons (Fsp3) is 0.214. The van der Waals surface area contributed by atoms with Crippen molar-refractivity contribution in [2.24, 2.45) is 0 Å². The van der Waals surface area contributed by atoms with Gasteiger partial charge in [0.1, 0.15) is 0 Å². The van der Waals surface area contributed by atoms with E-state index in [4.69, 9.17) is 4.74 Å². The van der Waals surface area contributed by atoms with E-state index in [1.54, 1.807) is 31.2 Å². The minimum absolute atomic E-state index is 0.0840. The number of aromatic nitrogens is 2. The fourth-order valence-corrected chi connectivity index (χ4v) is 1.75. The first-order chi connectivity index (χ1) is 9.11. The second kappa shape index (κ2) is 5.48. The standard InChI is InChI=1S/C14H14N2O3/c1-10-8-13(18)16(14(15-10)19-2)9-12(17)11-6-4-3-5-7-11/h3-8H,9H2,1-2H3. The van der Waals surface area contributed by atoms with Crippen LogP contribution in [0.3, 0.4) is 0 Å². The van der Waals surface area contributed by atoms with Gasteiger partial charge in [0.15, 0.2) is 5.78 Å². The Morgan fingerprint density at radius 2 is 2.00 bits per heavy atom. The number of ketones is 1. The molecule has 98 valence electrons. The van der Waals surface area contributed by atoms with E-state index in [-0.39, 0.29) is 23.9 Å². The summed E-state index contributed by atoms with van der Waals surface area (Å²) in [5.41, 5.74) is 0.816. The summed E-state index contributed by atoms with van der Waals surface area (Å²) in [5, 5.41) is 0. The first kappa shape index (κ1) is 13.0. The van der Waals surface area contributed by atoms with Gasteiger partial charge in [0.05, 0.1) is 13.7 Å². The summed E-state index contributed by atoms with van der Waals surface area (Å²) >= 11 is 0. The van der Waals surface area contributed by atoms with Crippen molar-refractivity contribution in [2.75, 3.05) is 7.11 Å². The van der Waals surface area contributed by atoms with Gasteiger partial charge in [-0.2, -0.15) is 0 Å². The Labute approximate surface area is 110 Å². The van der Waals surface area contributed by atoms with Gasteiger partial charge in [-0.15, -0.1) is 0 Å². The lowest BCUT2D eigenvalue weighted by Crippen LogP contribution is -2.26. The summed E-state index contributed by atoms with van der Waals surface area (Å²) < 4.78 is 6.27. The van der Waals surface area contributed by atoms with E-state index in [9.17, 15) is 9.59 Å². The highest BCUT2D eigenvalue weighted by Gasteiger charge is 2.12. The molecule has 1 aromatic heterocycles. The van der Waals surface area contributed by atoms with Crippen molar-refractivity contribution < 1.29 is 9.53 Å². The highest BCUT2D eigenvalue weighted by atomic mass is 16.5. The van der Waals surface area contributed by atoms with Gasteiger partial charge in [0.25, 0.3) is 11.6 Å². The molecule has 0 spiro atoms. The number of hydrogen-bond donors (Lipinski definition) is 0. The molecule has 1 aromatic carbocycles. The number of carbonyl (C=O) groups excluding carboxylic acids is 1. The van der Waals surface area contributed by atoms with Crippen molar-refractivity contribution in [1.82, 2.24) is 9.55 Å². The zero-order chi connectivity index (χ0) is 13.8. The number of hydrogen-bond acceptors (Lipinski definition) is 4. The lowest BCUT2D eigenvalue weighted by molar-refractivity contribution is 0.0966. The van der Waals surface area contributed by atoms with E-state index >= 15 is 0 Å². The van der Waals surface area contributed by atoms with Gasteiger partial charge in [-0.05, 0) is 6.92 Å². The highest BCUT2D eigenvalue weighted by Crippen LogP contribution is 2.07.